The van der Waals surface area contributed by atoms with E-state index in [0.717, 1.165) is 12.1 Å². The lowest BCUT2D eigenvalue weighted by Crippen LogP contribution is -2.04. The van der Waals surface area contributed by atoms with Gasteiger partial charge < -0.3 is 4.18 Å². The van der Waals surface area contributed by atoms with Crippen LogP contribution in [0.3, 0.4) is 0 Å². The number of hydrogen-bond acceptors (Lipinski definition) is 3. The summed E-state index contributed by atoms with van der Waals surface area (Å²) in [5.74, 6) is -0.380. The van der Waals surface area contributed by atoms with Crippen molar-refractivity contribution in [1.29, 1.82) is 0 Å². The number of rotatable bonds is 2. The van der Waals surface area contributed by atoms with Crippen molar-refractivity contribution in [3.63, 3.8) is 0 Å². The molecule has 0 aliphatic carbocycles. The highest BCUT2D eigenvalue weighted by Gasteiger charge is 2.01. The molecule has 1 rings (SSSR count). The molecule has 0 aliphatic heterocycles. The normalized spacial score (nSPS) is 15.2. The molecule has 0 amide bonds. The smallest absolute Gasteiger partial charge is 0.311 e. The lowest BCUT2D eigenvalue weighted by molar-refractivity contribution is 0.454. The van der Waals surface area contributed by atoms with Gasteiger partial charge in [-0.1, -0.05) is 0 Å². The fourth-order valence-electron chi connectivity index (χ4n) is 0.612. The molecule has 0 aliphatic rings. The van der Waals surface area contributed by atoms with Crippen LogP contribution < -0.4 is 4.18 Å². The van der Waals surface area contributed by atoms with Crippen LogP contribution >= 0.6 is 0 Å². The zero-order valence-electron chi connectivity index (χ0n) is 5.77. The Morgan fingerprint density at radius 2 is 1.92 bits per heavy atom. The molecule has 1 atom stereocenters. The van der Waals surface area contributed by atoms with E-state index in [9.17, 15) is 8.60 Å². The average Bonchev–Trinajstić information content (AvgIpc) is 1.91. The third kappa shape index (κ3) is 3.12. The predicted molar refractivity (Wildman–Crippen MR) is 45.2 cm³/mol. The van der Waals surface area contributed by atoms with E-state index in [1.54, 1.807) is 0 Å². The summed E-state index contributed by atoms with van der Waals surface area (Å²) >= 11 is 4.07. The highest BCUT2D eigenvalue weighted by molar-refractivity contribution is 8.27. The Kier molecular flexibility index (Phi) is 2.61. The summed E-state index contributed by atoms with van der Waals surface area (Å²) in [5, 5.41) is 0. The predicted octanol–water partition coefficient (Wildman–Crippen LogP) is 1.34. The van der Waals surface area contributed by atoms with Crippen molar-refractivity contribution in [2.75, 3.05) is 0 Å². The first-order chi connectivity index (χ1) is 5.47. The SMILES string of the molecule is O=S(O)(=S)Oc1ccc(F)cc1. The van der Waals surface area contributed by atoms with E-state index in [0.29, 0.717) is 0 Å². The van der Waals surface area contributed by atoms with Gasteiger partial charge in [0.2, 0.25) is 0 Å². The van der Waals surface area contributed by atoms with Gasteiger partial charge in [-0.25, -0.2) is 4.39 Å². The third-order valence-corrected chi connectivity index (χ3v) is 1.62. The Hall–Kier alpha value is -0.720. The van der Waals surface area contributed by atoms with Crippen LogP contribution in [0.1, 0.15) is 0 Å². The van der Waals surface area contributed by atoms with Crippen molar-refractivity contribution in [1.82, 2.24) is 0 Å². The van der Waals surface area contributed by atoms with Crippen molar-refractivity contribution < 1.29 is 17.3 Å². The molecule has 0 fully saturated rings. The first-order valence-corrected chi connectivity index (χ1v) is 5.26. The molecule has 1 N–H and O–H groups in total. The molecule has 0 aromatic heterocycles. The Labute approximate surface area is 73.9 Å². The van der Waals surface area contributed by atoms with Gasteiger partial charge in [0.25, 0.3) is 0 Å². The molecule has 66 valence electrons. The van der Waals surface area contributed by atoms with Crippen LogP contribution in [0.15, 0.2) is 24.3 Å². The summed E-state index contributed by atoms with van der Waals surface area (Å²) in [5.41, 5.74) is 0. The second-order valence-corrected chi connectivity index (χ2v) is 4.25. The van der Waals surface area contributed by atoms with Gasteiger partial charge in [-0.3, -0.25) is 4.55 Å². The molecule has 0 spiro atoms. The summed E-state index contributed by atoms with van der Waals surface area (Å²) in [6, 6.07) is 4.65. The first kappa shape index (κ1) is 9.37. The van der Waals surface area contributed by atoms with Crippen LogP contribution in [-0.2, 0) is 20.2 Å². The maximum Gasteiger partial charge on any atom is 0.311 e. The van der Waals surface area contributed by atoms with E-state index in [1.165, 1.54) is 12.1 Å². The van der Waals surface area contributed by atoms with Crippen molar-refractivity contribution in [3.8, 4) is 5.75 Å². The number of hydrogen-bond donors (Lipinski definition) is 1. The summed E-state index contributed by atoms with van der Waals surface area (Å²) in [7, 11) is -3.68. The van der Waals surface area contributed by atoms with E-state index >= 15 is 0 Å². The molecule has 1 unspecified atom stereocenters. The molecule has 0 saturated carbocycles. The minimum absolute atomic E-state index is 0.0684. The lowest BCUT2D eigenvalue weighted by Gasteiger charge is -2.01. The van der Waals surface area contributed by atoms with Gasteiger partial charge >= 0.3 is 9.05 Å². The van der Waals surface area contributed by atoms with Crippen molar-refractivity contribution >= 4 is 20.2 Å². The van der Waals surface area contributed by atoms with Gasteiger partial charge in [0.15, 0.2) is 0 Å². The van der Waals surface area contributed by atoms with Crippen LogP contribution in [0.4, 0.5) is 4.39 Å². The molecule has 6 heteroatoms. The Bertz CT molecular complexity index is 357. The first-order valence-electron chi connectivity index (χ1n) is 2.90. The molecule has 1 aromatic rings. The van der Waals surface area contributed by atoms with Crippen LogP contribution in [0, 0.1) is 5.82 Å². The van der Waals surface area contributed by atoms with Crippen molar-refractivity contribution in [2.45, 2.75) is 0 Å². The van der Waals surface area contributed by atoms with Gasteiger partial charge in [-0.15, -0.1) is 0 Å². The molecule has 1 aromatic carbocycles. The van der Waals surface area contributed by atoms with Gasteiger partial charge in [-0.05, 0) is 24.3 Å². The fourth-order valence-corrected chi connectivity index (χ4v) is 1.20. The highest BCUT2D eigenvalue weighted by atomic mass is 32.9. The van der Waals surface area contributed by atoms with Crippen LogP contribution in [0.25, 0.3) is 0 Å². The summed E-state index contributed by atoms with van der Waals surface area (Å²) < 4.78 is 35.8. The zero-order valence-corrected chi connectivity index (χ0v) is 7.40. The monoisotopic (exact) mass is 208 g/mol. The van der Waals surface area contributed by atoms with E-state index in [2.05, 4.69) is 15.4 Å². The Balaban J connectivity index is 2.85. The van der Waals surface area contributed by atoms with Crippen LogP contribution in [0.5, 0.6) is 5.75 Å². The van der Waals surface area contributed by atoms with E-state index in [1.807, 2.05) is 0 Å². The van der Waals surface area contributed by atoms with Gasteiger partial charge in [0, 0.05) is 0 Å². The van der Waals surface area contributed by atoms with Crippen LogP contribution in [0.2, 0.25) is 0 Å². The average molecular weight is 208 g/mol. The molecule has 0 saturated heterocycles. The molecule has 0 heterocycles. The topological polar surface area (TPSA) is 46.5 Å². The number of halogens is 1. The Morgan fingerprint density at radius 1 is 1.42 bits per heavy atom. The van der Waals surface area contributed by atoms with E-state index < -0.39 is 14.9 Å². The van der Waals surface area contributed by atoms with Crippen molar-refractivity contribution in [2.24, 2.45) is 0 Å². The fraction of sp³-hybridized carbons (Fsp3) is 0. The molecule has 0 bridgehead atoms. The minimum atomic E-state index is -3.68. The summed E-state index contributed by atoms with van der Waals surface area (Å²) in [6.45, 7) is 0. The Morgan fingerprint density at radius 3 is 2.33 bits per heavy atom. The van der Waals surface area contributed by atoms with E-state index in [4.69, 9.17) is 4.55 Å². The number of benzene rings is 1. The van der Waals surface area contributed by atoms with Gasteiger partial charge in [-0.2, -0.15) is 4.21 Å². The maximum atomic E-state index is 12.3. The third-order valence-electron chi connectivity index (χ3n) is 1.02. The molecule has 0 radical (unpaired) electrons. The van der Waals surface area contributed by atoms with Gasteiger partial charge in [0.1, 0.15) is 11.6 Å². The molecule has 12 heavy (non-hydrogen) atoms. The second kappa shape index (κ2) is 3.34. The molecular formula is C6H5FO3S2. The second-order valence-electron chi connectivity index (χ2n) is 1.96. The standard InChI is InChI=1S/C6H5FO3S2/c7-5-1-3-6(4-2-5)10-12(8,9)11/h1-4H,(H,8,9,11). The zero-order chi connectivity index (χ0) is 9.19. The largest absolute Gasteiger partial charge is 0.382 e. The van der Waals surface area contributed by atoms with Crippen molar-refractivity contribution in [3.05, 3.63) is 30.1 Å². The molecular weight excluding hydrogens is 203 g/mol. The maximum absolute atomic E-state index is 12.3. The summed E-state index contributed by atoms with van der Waals surface area (Å²) in [4.78, 5) is 0. The summed E-state index contributed by atoms with van der Waals surface area (Å²) in [6.07, 6.45) is 0. The quantitative estimate of drug-likeness (QED) is 0.796. The minimum Gasteiger partial charge on any atom is -0.382 e. The highest BCUT2D eigenvalue weighted by Crippen LogP contribution is 2.12. The van der Waals surface area contributed by atoms with Gasteiger partial charge in [0.05, 0.1) is 11.2 Å². The lowest BCUT2D eigenvalue weighted by atomic mass is 10.3. The van der Waals surface area contributed by atoms with Crippen LogP contribution in [-0.4, -0.2) is 8.76 Å². The van der Waals surface area contributed by atoms with E-state index in [-0.39, 0.29) is 5.75 Å². The molecule has 3 nitrogen and oxygen atoms in total.